The predicted molar refractivity (Wildman–Crippen MR) is 101 cm³/mol. The third-order valence-corrected chi connectivity index (χ3v) is 4.08. The molecule has 10 heteroatoms. The molecule has 0 saturated carbocycles. The molecule has 0 atom stereocenters. The maximum atomic E-state index is 12.9. The van der Waals surface area contributed by atoms with E-state index in [0.717, 1.165) is 18.2 Å². The van der Waals surface area contributed by atoms with Crippen molar-refractivity contribution in [2.24, 2.45) is 0 Å². The third-order valence-electron chi connectivity index (χ3n) is 3.52. The number of hydrogen-bond acceptors (Lipinski definition) is 5. The highest BCUT2D eigenvalue weighted by Gasteiger charge is 2.31. The molecule has 2 aromatic carbocycles. The van der Waals surface area contributed by atoms with Crippen LogP contribution in [-0.4, -0.2) is 9.97 Å². The monoisotopic (exact) mass is 413 g/mol. The minimum Gasteiger partial charge on any atom is -0.393 e. The molecular weight excluding hydrogens is 402 g/mol. The van der Waals surface area contributed by atoms with E-state index in [1.165, 1.54) is 6.33 Å². The molecule has 140 valence electrons. The van der Waals surface area contributed by atoms with Crippen molar-refractivity contribution in [3.63, 3.8) is 0 Å². The number of nitrogens with one attached hydrogen (secondary N) is 2. The maximum Gasteiger partial charge on any atom is 0.416 e. The summed E-state index contributed by atoms with van der Waals surface area (Å²) in [5.74, 6) is 0.369. The van der Waals surface area contributed by atoms with Gasteiger partial charge in [0.1, 0.15) is 12.0 Å². The summed E-state index contributed by atoms with van der Waals surface area (Å²) in [7, 11) is 0. The molecule has 5 nitrogen and oxygen atoms in total. The maximum absolute atomic E-state index is 12.9. The highest BCUT2D eigenvalue weighted by molar-refractivity contribution is 6.33. The molecule has 0 unspecified atom stereocenters. The van der Waals surface area contributed by atoms with E-state index in [1.54, 1.807) is 24.3 Å². The molecule has 3 rings (SSSR count). The summed E-state index contributed by atoms with van der Waals surface area (Å²) in [5.41, 5.74) is 5.95. The van der Waals surface area contributed by atoms with E-state index in [1.807, 2.05) is 0 Å². The van der Waals surface area contributed by atoms with Crippen molar-refractivity contribution in [3.05, 3.63) is 64.4 Å². The molecule has 0 aliphatic heterocycles. The number of alkyl halides is 3. The zero-order valence-corrected chi connectivity index (χ0v) is 15.0. The van der Waals surface area contributed by atoms with Crippen molar-refractivity contribution in [1.82, 2.24) is 9.97 Å². The first-order chi connectivity index (χ1) is 12.7. The van der Waals surface area contributed by atoms with Gasteiger partial charge in [-0.05, 0) is 36.4 Å². The summed E-state index contributed by atoms with van der Waals surface area (Å²) in [6.45, 7) is 0. The van der Waals surface area contributed by atoms with Crippen LogP contribution in [0, 0.1) is 0 Å². The molecule has 0 bridgehead atoms. The first-order valence-electron chi connectivity index (χ1n) is 7.51. The van der Waals surface area contributed by atoms with Crippen LogP contribution in [0.1, 0.15) is 5.56 Å². The van der Waals surface area contributed by atoms with E-state index in [-0.39, 0.29) is 28.0 Å². The van der Waals surface area contributed by atoms with Gasteiger partial charge in [0.15, 0.2) is 11.6 Å². The summed E-state index contributed by atoms with van der Waals surface area (Å²) in [6.07, 6.45) is -3.29. The van der Waals surface area contributed by atoms with Gasteiger partial charge in [0.05, 0.1) is 16.3 Å². The molecule has 0 aliphatic rings. The van der Waals surface area contributed by atoms with Gasteiger partial charge in [0.25, 0.3) is 0 Å². The van der Waals surface area contributed by atoms with Gasteiger partial charge < -0.3 is 16.4 Å². The number of nitrogens with two attached hydrogens (primary N) is 1. The second kappa shape index (κ2) is 7.50. The van der Waals surface area contributed by atoms with Crippen molar-refractivity contribution in [2.45, 2.75) is 6.18 Å². The molecule has 27 heavy (non-hydrogen) atoms. The van der Waals surface area contributed by atoms with Gasteiger partial charge in [0.2, 0.25) is 0 Å². The van der Waals surface area contributed by atoms with Gasteiger partial charge in [-0.15, -0.1) is 0 Å². The lowest BCUT2D eigenvalue weighted by Gasteiger charge is -2.15. The zero-order chi connectivity index (χ0) is 19.6. The Kier molecular flexibility index (Phi) is 5.29. The third kappa shape index (κ3) is 4.53. The number of benzene rings is 2. The molecule has 0 amide bonds. The van der Waals surface area contributed by atoms with Gasteiger partial charge in [-0.3, -0.25) is 0 Å². The number of anilines is 5. The SMILES string of the molecule is Nc1c(Nc2cccc(Cl)c2)ncnc1Nc1cc(C(F)(F)F)ccc1Cl. The Hall–Kier alpha value is -2.71. The van der Waals surface area contributed by atoms with Crippen LogP contribution >= 0.6 is 23.2 Å². The molecule has 1 aromatic heterocycles. The fourth-order valence-corrected chi connectivity index (χ4v) is 2.58. The smallest absolute Gasteiger partial charge is 0.393 e. The van der Waals surface area contributed by atoms with Crippen LogP contribution in [0.5, 0.6) is 0 Å². The van der Waals surface area contributed by atoms with Gasteiger partial charge >= 0.3 is 6.18 Å². The van der Waals surface area contributed by atoms with Crippen LogP contribution < -0.4 is 16.4 Å². The minimum atomic E-state index is -4.50. The van der Waals surface area contributed by atoms with Crippen molar-refractivity contribution < 1.29 is 13.2 Å². The second-order valence-electron chi connectivity index (χ2n) is 5.44. The number of nitrogens with zero attached hydrogens (tertiary/aromatic N) is 2. The average Bonchev–Trinajstić information content (AvgIpc) is 2.59. The average molecular weight is 414 g/mol. The summed E-state index contributed by atoms with van der Waals surface area (Å²) in [4.78, 5) is 8.01. The summed E-state index contributed by atoms with van der Waals surface area (Å²) in [6, 6.07) is 9.79. The van der Waals surface area contributed by atoms with Gasteiger partial charge in [-0.2, -0.15) is 13.2 Å². The van der Waals surface area contributed by atoms with Crippen molar-refractivity contribution >= 4 is 51.9 Å². The standard InChI is InChI=1S/C17H12Cl2F3N5/c18-10-2-1-3-11(7-10)26-15-14(23)16(25-8-24-15)27-13-6-9(17(20,21)22)4-5-12(13)19/h1-8H,23H2,(H2,24,25,26,27). The zero-order valence-electron chi connectivity index (χ0n) is 13.5. The van der Waals surface area contributed by atoms with Crippen LogP contribution in [0.15, 0.2) is 48.8 Å². The highest BCUT2D eigenvalue weighted by Crippen LogP contribution is 2.36. The number of halogens is 5. The lowest BCUT2D eigenvalue weighted by atomic mass is 10.2. The Bertz CT molecular complexity index is 979. The second-order valence-corrected chi connectivity index (χ2v) is 6.28. The Morgan fingerprint density at radius 1 is 0.926 bits per heavy atom. The number of aromatic nitrogens is 2. The molecule has 0 fully saturated rings. The Labute approximate surface area is 162 Å². The van der Waals surface area contributed by atoms with E-state index in [4.69, 9.17) is 28.9 Å². The molecule has 0 aliphatic carbocycles. The minimum absolute atomic E-state index is 0.0191. The van der Waals surface area contributed by atoms with Crippen molar-refractivity contribution in [1.29, 1.82) is 0 Å². The molecule has 0 saturated heterocycles. The fraction of sp³-hybridized carbons (Fsp3) is 0.0588. The van der Waals surface area contributed by atoms with E-state index in [9.17, 15) is 13.2 Å². The van der Waals surface area contributed by atoms with Crippen molar-refractivity contribution in [2.75, 3.05) is 16.4 Å². The number of hydrogen-bond donors (Lipinski definition) is 3. The Balaban J connectivity index is 1.91. The summed E-state index contributed by atoms with van der Waals surface area (Å²) in [5, 5.41) is 6.30. The van der Waals surface area contributed by atoms with Gasteiger partial charge in [-0.25, -0.2) is 9.97 Å². The predicted octanol–water partition coefficient (Wildman–Crippen LogP) is 5.87. The van der Waals surface area contributed by atoms with E-state index < -0.39 is 11.7 Å². The molecule has 1 heterocycles. The molecule has 0 radical (unpaired) electrons. The van der Waals surface area contributed by atoms with Gasteiger partial charge in [0, 0.05) is 10.7 Å². The van der Waals surface area contributed by atoms with Crippen LogP contribution in [0.25, 0.3) is 0 Å². The van der Waals surface area contributed by atoms with Crippen molar-refractivity contribution in [3.8, 4) is 0 Å². The first-order valence-corrected chi connectivity index (χ1v) is 8.26. The normalized spacial score (nSPS) is 11.3. The number of rotatable bonds is 4. The molecule has 3 aromatic rings. The van der Waals surface area contributed by atoms with E-state index >= 15 is 0 Å². The molecular formula is C17H12Cl2F3N5. The molecule has 0 spiro atoms. The number of nitrogen functional groups attached to an aromatic ring is 1. The van der Waals surface area contributed by atoms with Crippen LogP contribution in [0.3, 0.4) is 0 Å². The van der Waals surface area contributed by atoms with Crippen LogP contribution in [0.2, 0.25) is 10.0 Å². The Morgan fingerprint density at radius 3 is 2.30 bits per heavy atom. The van der Waals surface area contributed by atoms with E-state index in [0.29, 0.717) is 10.7 Å². The highest BCUT2D eigenvalue weighted by atomic mass is 35.5. The summed E-state index contributed by atoms with van der Waals surface area (Å²) < 4.78 is 38.7. The lowest BCUT2D eigenvalue weighted by molar-refractivity contribution is -0.137. The summed E-state index contributed by atoms with van der Waals surface area (Å²) >= 11 is 11.9. The Morgan fingerprint density at radius 2 is 1.63 bits per heavy atom. The molecule has 4 N–H and O–H groups in total. The largest absolute Gasteiger partial charge is 0.416 e. The van der Waals surface area contributed by atoms with Crippen LogP contribution in [-0.2, 0) is 6.18 Å². The van der Waals surface area contributed by atoms with Gasteiger partial charge in [-0.1, -0.05) is 29.3 Å². The lowest BCUT2D eigenvalue weighted by Crippen LogP contribution is -2.08. The quantitative estimate of drug-likeness (QED) is 0.498. The fourth-order valence-electron chi connectivity index (χ4n) is 2.22. The van der Waals surface area contributed by atoms with Crippen LogP contribution in [0.4, 0.5) is 41.9 Å². The first kappa shape index (κ1) is 19.1. The van der Waals surface area contributed by atoms with E-state index in [2.05, 4.69) is 20.6 Å². The topological polar surface area (TPSA) is 75.9 Å².